The van der Waals surface area contributed by atoms with E-state index in [1.807, 2.05) is 6.92 Å². The van der Waals surface area contributed by atoms with Crippen LogP contribution in [0.3, 0.4) is 0 Å². The van der Waals surface area contributed by atoms with E-state index < -0.39 is 0 Å². The Balaban J connectivity index is 3.41. The van der Waals surface area contributed by atoms with Gasteiger partial charge in [0.05, 0.1) is 25.9 Å². The van der Waals surface area contributed by atoms with Crippen molar-refractivity contribution in [3.8, 4) is 0 Å². The molecule has 0 aromatic rings. The topological polar surface area (TPSA) is 58.9 Å². The summed E-state index contributed by atoms with van der Waals surface area (Å²) in [5.74, 6) is 0. The van der Waals surface area contributed by atoms with Crippen molar-refractivity contribution < 1.29 is 19.7 Å². The van der Waals surface area contributed by atoms with Gasteiger partial charge in [0.2, 0.25) is 0 Å². The molecule has 2 N–H and O–H groups in total. The van der Waals surface area contributed by atoms with Crippen molar-refractivity contribution in [3.05, 3.63) is 0 Å². The summed E-state index contributed by atoms with van der Waals surface area (Å²) in [4.78, 5) is 0. The van der Waals surface area contributed by atoms with Crippen molar-refractivity contribution in [2.45, 2.75) is 25.9 Å². The van der Waals surface area contributed by atoms with E-state index in [-0.39, 0.29) is 19.3 Å². The second-order valence-electron chi connectivity index (χ2n) is 2.80. The maximum Gasteiger partial charge on any atom is 0.0831 e. The van der Waals surface area contributed by atoms with Crippen LogP contribution in [0, 0.1) is 0 Å². The van der Waals surface area contributed by atoms with Crippen molar-refractivity contribution in [1.82, 2.24) is 0 Å². The number of hydrogen-bond donors (Lipinski definition) is 2. The molecule has 0 aromatic heterocycles. The Morgan fingerprint density at radius 2 is 1.92 bits per heavy atom. The van der Waals surface area contributed by atoms with E-state index in [0.717, 1.165) is 6.42 Å². The smallest absolute Gasteiger partial charge is 0.0831 e. The van der Waals surface area contributed by atoms with Crippen LogP contribution in [0.25, 0.3) is 0 Å². The summed E-state index contributed by atoms with van der Waals surface area (Å²) >= 11 is 0. The second kappa shape index (κ2) is 9.92. The van der Waals surface area contributed by atoms with Gasteiger partial charge in [-0.25, -0.2) is 0 Å². The highest BCUT2D eigenvalue weighted by atomic mass is 16.5. The molecule has 0 saturated heterocycles. The van der Waals surface area contributed by atoms with Crippen LogP contribution in [0.5, 0.6) is 0 Å². The van der Waals surface area contributed by atoms with E-state index in [0.29, 0.717) is 26.2 Å². The average molecular weight is 192 g/mol. The fourth-order valence-electron chi connectivity index (χ4n) is 0.937. The van der Waals surface area contributed by atoms with Crippen molar-refractivity contribution in [2.24, 2.45) is 0 Å². The summed E-state index contributed by atoms with van der Waals surface area (Å²) in [6.45, 7) is 3.65. The Hall–Kier alpha value is -0.160. The predicted molar refractivity (Wildman–Crippen MR) is 49.6 cm³/mol. The first-order valence-corrected chi connectivity index (χ1v) is 4.76. The van der Waals surface area contributed by atoms with E-state index in [1.165, 1.54) is 0 Å². The molecule has 0 aliphatic carbocycles. The number of aliphatic hydroxyl groups excluding tert-OH is 2. The van der Waals surface area contributed by atoms with Crippen LogP contribution in [0.1, 0.15) is 19.8 Å². The summed E-state index contributed by atoms with van der Waals surface area (Å²) in [7, 11) is 0. The molecule has 1 atom stereocenters. The normalized spacial score (nSPS) is 13.2. The fourth-order valence-corrected chi connectivity index (χ4v) is 0.937. The number of rotatable bonds is 9. The van der Waals surface area contributed by atoms with Gasteiger partial charge in [-0.1, -0.05) is 6.92 Å². The molecule has 80 valence electrons. The third kappa shape index (κ3) is 8.18. The van der Waals surface area contributed by atoms with E-state index in [1.54, 1.807) is 0 Å². The Morgan fingerprint density at radius 1 is 1.15 bits per heavy atom. The minimum absolute atomic E-state index is 0.00963. The van der Waals surface area contributed by atoms with Crippen LogP contribution >= 0.6 is 0 Å². The zero-order valence-electron chi connectivity index (χ0n) is 8.24. The van der Waals surface area contributed by atoms with Gasteiger partial charge in [0.15, 0.2) is 0 Å². The van der Waals surface area contributed by atoms with Crippen molar-refractivity contribution in [2.75, 3.05) is 33.0 Å². The molecule has 1 unspecified atom stereocenters. The quantitative estimate of drug-likeness (QED) is 0.511. The van der Waals surface area contributed by atoms with Crippen LogP contribution in [0.2, 0.25) is 0 Å². The molecule has 0 bridgehead atoms. The van der Waals surface area contributed by atoms with Crippen LogP contribution in [-0.4, -0.2) is 49.4 Å². The Kier molecular flexibility index (Phi) is 9.80. The molecule has 0 saturated carbocycles. The molecule has 0 amide bonds. The van der Waals surface area contributed by atoms with Gasteiger partial charge in [-0.3, -0.25) is 0 Å². The summed E-state index contributed by atoms with van der Waals surface area (Å²) in [6.07, 6.45) is 1.44. The molecule has 13 heavy (non-hydrogen) atoms. The van der Waals surface area contributed by atoms with Gasteiger partial charge in [-0.2, -0.15) is 0 Å². The molecule has 0 spiro atoms. The molecular weight excluding hydrogens is 172 g/mol. The van der Waals surface area contributed by atoms with Gasteiger partial charge >= 0.3 is 0 Å². The van der Waals surface area contributed by atoms with Gasteiger partial charge in [0.1, 0.15) is 0 Å². The molecule has 0 aliphatic rings. The van der Waals surface area contributed by atoms with E-state index in [9.17, 15) is 0 Å². The van der Waals surface area contributed by atoms with Crippen LogP contribution < -0.4 is 0 Å². The summed E-state index contributed by atoms with van der Waals surface area (Å²) < 4.78 is 10.5. The highest BCUT2D eigenvalue weighted by molar-refractivity contribution is 4.55. The SMILES string of the molecule is CCCOCC(CCO)OCCO. The molecule has 0 heterocycles. The minimum Gasteiger partial charge on any atom is -0.396 e. The van der Waals surface area contributed by atoms with E-state index >= 15 is 0 Å². The minimum atomic E-state index is -0.0938. The molecular formula is C9H20O4. The first-order chi connectivity index (χ1) is 6.35. The van der Waals surface area contributed by atoms with Crippen LogP contribution in [0.4, 0.5) is 0 Å². The third-order valence-corrected chi connectivity index (χ3v) is 1.55. The van der Waals surface area contributed by atoms with Gasteiger partial charge in [0, 0.05) is 13.2 Å². The number of hydrogen-bond acceptors (Lipinski definition) is 4. The van der Waals surface area contributed by atoms with Gasteiger partial charge in [-0.15, -0.1) is 0 Å². The zero-order chi connectivity index (χ0) is 9.94. The lowest BCUT2D eigenvalue weighted by atomic mass is 10.3. The maximum absolute atomic E-state index is 8.69. The Bertz CT molecular complexity index is 97.6. The highest BCUT2D eigenvalue weighted by Crippen LogP contribution is 1.99. The predicted octanol–water partition coefficient (Wildman–Crippen LogP) is 0.173. The van der Waals surface area contributed by atoms with Gasteiger partial charge in [-0.05, 0) is 12.8 Å². The second-order valence-corrected chi connectivity index (χ2v) is 2.80. The van der Waals surface area contributed by atoms with Gasteiger partial charge in [0.25, 0.3) is 0 Å². The summed E-state index contributed by atoms with van der Waals surface area (Å²) in [6, 6.07) is 0. The Morgan fingerprint density at radius 3 is 2.46 bits per heavy atom. The summed E-state index contributed by atoms with van der Waals surface area (Å²) in [5.41, 5.74) is 0. The largest absolute Gasteiger partial charge is 0.396 e. The lowest BCUT2D eigenvalue weighted by molar-refractivity contribution is -0.0369. The lowest BCUT2D eigenvalue weighted by Gasteiger charge is -2.16. The molecule has 4 nitrogen and oxygen atoms in total. The first-order valence-electron chi connectivity index (χ1n) is 4.76. The lowest BCUT2D eigenvalue weighted by Crippen LogP contribution is -2.23. The zero-order valence-corrected chi connectivity index (χ0v) is 8.24. The molecule has 0 aromatic carbocycles. The standard InChI is InChI=1S/C9H20O4/c1-2-6-12-8-9(3-4-10)13-7-5-11/h9-11H,2-8H2,1H3. The van der Waals surface area contributed by atoms with Crippen molar-refractivity contribution >= 4 is 0 Å². The summed E-state index contributed by atoms with van der Waals surface area (Å²) in [5, 5.41) is 17.2. The van der Waals surface area contributed by atoms with Crippen LogP contribution in [-0.2, 0) is 9.47 Å². The third-order valence-electron chi connectivity index (χ3n) is 1.55. The number of aliphatic hydroxyl groups is 2. The average Bonchev–Trinajstić information content (AvgIpc) is 2.14. The maximum atomic E-state index is 8.69. The fraction of sp³-hybridized carbons (Fsp3) is 1.00. The monoisotopic (exact) mass is 192 g/mol. The van der Waals surface area contributed by atoms with Crippen molar-refractivity contribution in [1.29, 1.82) is 0 Å². The Labute approximate surface area is 79.5 Å². The van der Waals surface area contributed by atoms with E-state index in [4.69, 9.17) is 19.7 Å². The molecule has 0 rings (SSSR count). The first kappa shape index (κ1) is 12.8. The van der Waals surface area contributed by atoms with Crippen molar-refractivity contribution in [3.63, 3.8) is 0 Å². The molecule has 0 fully saturated rings. The highest BCUT2D eigenvalue weighted by Gasteiger charge is 2.07. The molecule has 4 heteroatoms. The van der Waals surface area contributed by atoms with Crippen LogP contribution in [0.15, 0.2) is 0 Å². The number of ether oxygens (including phenoxy) is 2. The molecule has 0 radical (unpaired) electrons. The van der Waals surface area contributed by atoms with Gasteiger partial charge < -0.3 is 19.7 Å². The van der Waals surface area contributed by atoms with E-state index in [2.05, 4.69) is 0 Å². The molecule has 0 aliphatic heterocycles.